The van der Waals surface area contributed by atoms with E-state index in [1.54, 1.807) is 6.92 Å². The zero-order valence-corrected chi connectivity index (χ0v) is 13.0. The molecule has 0 aromatic heterocycles. The molecule has 5 heteroatoms. The first-order chi connectivity index (χ1) is 9.06. The lowest BCUT2D eigenvalue weighted by Crippen LogP contribution is -2.52. The summed E-state index contributed by atoms with van der Waals surface area (Å²) in [7, 11) is 0. The predicted molar refractivity (Wildman–Crippen MR) is 83.9 cm³/mol. The molecule has 3 N–H and O–H groups in total. The van der Waals surface area contributed by atoms with Gasteiger partial charge in [0.2, 0.25) is 5.91 Å². The van der Waals surface area contributed by atoms with Crippen LogP contribution in [0.1, 0.15) is 32.3 Å². The highest BCUT2D eigenvalue weighted by molar-refractivity contribution is 5.85. The maximum atomic E-state index is 11.8. The van der Waals surface area contributed by atoms with E-state index < -0.39 is 5.54 Å². The van der Waals surface area contributed by atoms with Crippen molar-refractivity contribution < 1.29 is 9.53 Å². The van der Waals surface area contributed by atoms with E-state index in [0.29, 0.717) is 26.2 Å². The lowest BCUT2D eigenvalue weighted by molar-refractivity contribution is -0.126. The predicted octanol–water partition coefficient (Wildman–Crippen LogP) is 2.26. The summed E-state index contributed by atoms with van der Waals surface area (Å²) >= 11 is 0. The highest BCUT2D eigenvalue weighted by Gasteiger charge is 2.26. The van der Waals surface area contributed by atoms with Crippen molar-refractivity contribution in [2.45, 2.75) is 38.8 Å². The molecule has 1 aromatic rings. The number of ether oxygens (including phenoxy) is 1. The van der Waals surface area contributed by atoms with E-state index in [-0.39, 0.29) is 18.3 Å². The number of hydrogen-bond donors (Lipinski definition) is 2. The van der Waals surface area contributed by atoms with Crippen LogP contribution >= 0.6 is 12.4 Å². The largest absolute Gasteiger partial charge is 0.375 e. The van der Waals surface area contributed by atoms with E-state index in [4.69, 9.17) is 10.5 Å². The van der Waals surface area contributed by atoms with Crippen LogP contribution in [0.15, 0.2) is 30.3 Å². The molecule has 1 amide bonds. The third-order valence-corrected chi connectivity index (χ3v) is 2.93. The van der Waals surface area contributed by atoms with Gasteiger partial charge in [0.1, 0.15) is 0 Å². The minimum absolute atomic E-state index is 0. The number of carbonyl (C=O) groups is 1. The molecule has 114 valence electrons. The van der Waals surface area contributed by atoms with Crippen LogP contribution in [0, 0.1) is 0 Å². The molecule has 0 bridgehead atoms. The van der Waals surface area contributed by atoms with Crippen LogP contribution < -0.4 is 11.1 Å². The van der Waals surface area contributed by atoms with Gasteiger partial charge in [-0.2, -0.15) is 0 Å². The quantitative estimate of drug-likeness (QED) is 0.724. The Labute approximate surface area is 127 Å². The average Bonchev–Trinajstić information content (AvgIpc) is 2.39. The molecular weight excluding hydrogens is 276 g/mol. The summed E-state index contributed by atoms with van der Waals surface area (Å²) in [6, 6.07) is 9.95. The first-order valence-corrected chi connectivity index (χ1v) is 6.75. The minimum Gasteiger partial charge on any atom is -0.375 e. The van der Waals surface area contributed by atoms with Crippen molar-refractivity contribution in [3.05, 3.63) is 35.9 Å². The van der Waals surface area contributed by atoms with Gasteiger partial charge in [-0.1, -0.05) is 43.7 Å². The molecule has 0 aliphatic heterocycles. The van der Waals surface area contributed by atoms with Gasteiger partial charge in [-0.15, -0.1) is 12.4 Å². The Balaban J connectivity index is 0.00000361. The summed E-state index contributed by atoms with van der Waals surface area (Å²) < 4.78 is 5.49. The van der Waals surface area contributed by atoms with E-state index in [1.165, 1.54) is 0 Å². The van der Waals surface area contributed by atoms with Crippen LogP contribution in [0.25, 0.3) is 0 Å². The fourth-order valence-corrected chi connectivity index (χ4v) is 1.84. The SMILES string of the molecule is CCCC(C)(N)C(=O)NCCOCc1ccccc1.Cl. The van der Waals surface area contributed by atoms with Gasteiger partial charge in [-0.3, -0.25) is 4.79 Å². The molecule has 1 rings (SSSR count). The first kappa shape index (κ1) is 18.9. The van der Waals surface area contributed by atoms with Crippen molar-refractivity contribution in [2.75, 3.05) is 13.2 Å². The Kier molecular flexibility index (Phi) is 9.21. The lowest BCUT2D eigenvalue weighted by Gasteiger charge is -2.22. The Morgan fingerprint density at radius 3 is 2.60 bits per heavy atom. The fourth-order valence-electron chi connectivity index (χ4n) is 1.84. The van der Waals surface area contributed by atoms with Crippen LogP contribution in [0.2, 0.25) is 0 Å². The molecule has 20 heavy (non-hydrogen) atoms. The van der Waals surface area contributed by atoms with Gasteiger partial charge >= 0.3 is 0 Å². The third-order valence-electron chi connectivity index (χ3n) is 2.93. The van der Waals surface area contributed by atoms with Crippen molar-refractivity contribution >= 4 is 18.3 Å². The van der Waals surface area contributed by atoms with E-state index in [0.717, 1.165) is 12.0 Å². The maximum Gasteiger partial charge on any atom is 0.239 e. The molecule has 1 aromatic carbocycles. The first-order valence-electron chi connectivity index (χ1n) is 6.75. The molecular formula is C15H25ClN2O2. The minimum atomic E-state index is -0.784. The van der Waals surface area contributed by atoms with Crippen LogP contribution in [0.5, 0.6) is 0 Å². The topological polar surface area (TPSA) is 64.4 Å². The second kappa shape index (κ2) is 9.75. The summed E-state index contributed by atoms with van der Waals surface area (Å²) in [4.78, 5) is 11.8. The molecule has 0 heterocycles. The van der Waals surface area contributed by atoms with Gasteiger partial charge in [0.05, 0.1) is 18.8 Å². The molecule has 4 nitrogen and oxygen atoms in total. The number of amides is 1. The van der Waals surface area contributed by atoms with Crippen LogP contribution in [-0.2, 0) is 16.1 Å². The van der Waals surface area contributed by atoms with Gasteiger partial charge in [-0.25, -0.2) is 0 Å². The standard InChI is InChI=1S/C15H24N2O2.ClH/c1-3-9-15(2,16)14(18)17-10-11-19-12-13-7-5-4-6-8-13;/h4-8H,3,9-12,16H2,1-2H3,(H,17,18);1H. The molecule has 0 saturated heterocycles. The van der Waals surface area contributed by atoms with E-state index in [2.05, 4.69) is 5.32 Å². The average molecular weight is 301 g/mol. The van der Waals surface area contributed by atoms with Crippen LogP contribution in [0.3, 0.4) is 0 Å². The lowest BCUT2D eigenvalue weighted by atomic mass is 9.97. The summed E-state index contributed by atoms with van der Waals surface area (Å²) in [6.07, 6.45) is 1.58. The van der Waals surface area contributed by atoms with Gasteiger partial charge in [0.25, 0.3) is 0 Å². The maximum absolute atomic E-state index is 11.8. The molecule has 0 aliphatic rings. The molecule has 0 fully saturated rings. The number of rotatable bonds is 8. The van der Waals surface area contributed by atoms with Crippen molar-refractivity contribution in [3.63, 3.8) is 0 Å². The Morgan fingerprint density at radius 2 is 2.00 bits per heavy atom. The summed E-state index contributed by atoms with van der Waals surface area (Å²) in [6.45, 7) is 5.31. The zero-order valence-electron chi connectivity index (χ0n) is 12.2. The number of nitrogens with one attached hydrogen (secondary N) is 1. The van der Waals surface area contributed by atoms with Crippen LogP contribution in [0.4, 0.5) is 0 Å². The fraction of sp³-hybridized carbons (Fsp3) is 0.533. The van der Waals surface area contributed by atoms with Crippen molar-refractivity contribution in [1.82, 2.24) is 5.32 Å². The van der Waals surface area contributed by atoms with E-state index in [1.807, 2.05) is 37.3 Å². The highest BCUT2D eigenvalue weighted by Crippen LogP contribution is 2.08. The second-order valence-electron chi connectivity index (χ2n) is 4.96. The molecule has 0 aliphatic carbocycles. The normalized spacial score (nSPS) is 13.2. The summed E-state index contributed by atoms with van der Waals surface area (Å²) in [5.74, 6) is -0.113. The van der Waals surface area contributed by atoms with Crippen molar-refractivity contribution in [1.29, 1.82) is 0 Å². The molecule has 1 unspecified atom stereocenters. The van der Waals surface area contributed by atoms with Gasteiger partial charge < -0.3 is 15.8 Å². The van der Waals surface area contributed by atoms with E-state index >= 15 is 0 Å². The summed E-state index contributed by atoms with van der Waals surface area (Å²) in [5, 5.41) is 2.81. The van der Waals surface area contributed by atoms with Crippen molar-refractivity contribution in [2.24, 2.45) is 5.73 Å². The monoisotopic (exact) mass is 300 g/mol. The van der Waals surface area contributed by atoms with Crippen LogP contribution in [-0.4, -0.2) is 24.6 Å². The molecule has 0 spiro atoms. The summed E-state index contributed by atoms with van der Waals surface area (Å²) in [5.41, 5.74) is 6.27. The third kappa shape index (κ3) is 6.89. The number of nitrogens with two attached hydrogens (primary N) is 1. The molecule has 1 atom stereocenters. The smallest absolute Gasteiger partial charge is 0.239 e. The number of benzene rings is 1. The van der Waals surface area contributed by atoms with Gasteiger partial charge in [0, 0.05) is 6.54 Å². The van der Waals surface area contributed by atoms with Crippen molar-refractivity contribution in [3.8, 4) is 0 Å². The Hall–Kier alpha value is -1.10. The second-order valence-corrected chi connectivity index (χ2v) is 4.96. The van der Waals surface area contributed by atoms with E-state index in [9.17, 15) is 4.79 Å². The van der Waals surface area contributed by atoms with Gasteiger partial charge in [0.15, 0.2) is 0 Å². The Bertz CT molecular complexity index is 383. The zero-order chi connectivity index (χ0) is 14.1. The molecule has 0 radical (unpaired) electrons. The van der Waals surface area contributed by atoms with Gasteiger partial charge in [-0.05, 0) is 18.9 Å². The highest BCUT2D eigenvalue weighted by atomic mass is 35.5. The number of carbonyl (C=O) groups excluding carboxylic acids is 1. The number of halogens is 1. The Morgan fingerprint density at radius 1 is 1.35 bits per heavy atom. The number of hydrogen-bond acceptors (Lipinski definition) is 3. The molecule has 0 saturated carbocycles.